The third-order valence-electron chi connectivity index (χ3n) is 5.26. The van der Waals surface area contributed by atoms with Crippen LogP contribution in [0.2, 0.25) is 0 Å². The highest BCUT2D eigenvalue weighted by Gasteiger charge is 2.40. The fraction of sp³-hybridized carbons (Fsp3) is 0.556. The maximum absolute atomic E-state index is 12.3. The van der Waals surface area contributed by atoms with Crippen LogP contribution in [0, 0.1) is 24.7 Å². The van der Waals surface area contributed by atoms with Crippen molar-refractivity contribution in [1.29, 1.82) is 0 Å². The van der Waals surface area contributed by atoms with E-state index in [0.29, 0.717) is 23.6 Å². The topological polar surface area (TPSA) is 55.4 Å². The largest absolute Gasteiger partial charge is 0.465 e. The molecule has 0 unspecified atom stereocenters. The van der Waals surface area contributed by atoms with Gasteiger partial charge >= 0.3 is 5.97 Å². The molecule has 2 aliphatic carbocycles. The number of fused-ring (bicyclic) bond motifs is 2. The van der Waals surface area contributed by atoms with Crippen molar-refractivity contribution in [1.82, 2.24) is 0 Å². The first-order valence-corrected chi connectivity index (χ1v) is 8.05. The van der Waals surface area contributed by atoms with Crippen LogP contribution in [0.15, 0.2) is 18.2 Å². The number of nitrogens with one attached hydrogen (secondary N) is 1. The second-order valence-electron chi connectivity index (χ2n) is 6.71. The molecule has 0 spiro atoms. The van der Waals surface area contributed by atoms with Gasteiger partial charge in [-0.1, -0.05) is 12.5 Å². The molecule has 1 aromatic carbocycles. The number of hydrogen-bond donors (Lipinski definition) is 1. The molecule has 2 aliphatic rings. The van der Waals surface area contributed by atoms with Crippen LogP contribution in [0.4, 0.5) is 5.69 Å². The molecular formula is C18H23NO3. The quantitative estimate of drug-likeness (QED) is 0.865. The monoisotopic (exact) mass is 301 g/mol. The Morgan fingerprint density at radius 1 is 1.27 bits per heavy atom. The summed E-state index contributed by atoms with van der Waals surface area (Å²) in [4.78, 5) is 23.9. The predicted octanol–water partition coefficient (Wildman–Crippen LogP) is 3.55. The van der Waals surface area contributed by atoms with Crippen molar-refractivity contribution >= 4 is 17.6 Å². The van der Waals surface area contributed by atoms with Gasteiger partial charge in [-0.15, -0.1) is 0 Å². The molecule has 0 saturated heterocycles. The molecular weight excluding hydrogens is 278 g/mol. The molecule has 0 heterocycles. The number of carbonyl (C=O) groups is 2. The van der Waals surface area contributed by atoms with Gasteiger partial charge in [-0.3, -0.25) is 4.79 Å². The number of methoxy groups -OCH3 is 1. The molecule has 3 rings (SSSR count). The summed E-state index contributed by atoms with van der Waals surface area (Å²) in [5.74, 6) is 1.82. The minimum Gasteiger partial charge on any atom is -0.465 e. The molecule has 2 fully saturated rings. The fourth-order valence-corrected chi connectivity index (χ4v) is 4.07. The summed E-state index contributed by atoms with van der Waals surface area (Å²) >= 11 is 0. The molecule has 0 radical (unpaired) electrons. The van der Waals surface area contributed by atoms with Crippen molar-refractivity contribution in [3.05, 3.63) is 29.3 Å². The zero-order chi connectivity index (χ0) is 15.7. The molecule has 22 heavy (non-hydrogen) atoms. The Kier molecular flexibility index (Phi) is 4.19. The molecule has 0 aliphatic heterocycles. The molecule has 4 heteroatoms. The lowest BCUT2D eigenvalue weighted by Gasteiger charge is -2.21. The number of hydrogen-bond acceptors (Lipinski definition) is 3. The van der Waals surface area contributed by atoms with E-state index in [1.165, 1.54) is 32.8 Å². The number of carbonyl (C=O) groups excluding carboxylic acids is 2. The van der Waals surface area contributed by atoms with Crippen molar-refractivity contribution in [2.45, 2.75) is 39.0 Å². The number of anilines is 1. The Bertz CT molecular complexity index is 596. The molecule has 3 atom stereocenters. The van der Waals surface area contributed by atoms with Gasteiger partial charge in [0.1, 0.15) is 0 Å². The zero-order valence-electron chi connectivity index (χ0n) is 13.2. The van der Waals surface area contributed by atoms with E-state index >= 15 is 0 Å². The van der Waals surface area contributed by atoms with Gasteiger partial charge in [-0.2, -0.15) is 0 Å². The molecule has 4 nitrogen and oxygen atoms in total. The van der Waals surface area contributed by atoms with Crippen molar-refractivity contribution in [3.8, 4) is 0 Å². The summed E-state index contributed by atoms with van der Waals surface area (Å²) < 4.78 is 4.73. The van der Waals surface area contributed by atoms with E-state index in [4.69, 9.17) is 4.74 Å². The molecule has 1 amide bonds. The molecule has 118 valence electrons. The third kappa shape index (κ3) is 3.01. The Hall–Kier alpha value is -1.84. The Labute approximate surface area is 131 Å². The maximum atomic E-state index is 12.3. The lowest BCUT2D eigenvalue weighted by molar-refractivity contribution is -0.117. The van der Waals surface area contributed by atoms with E-state index < -0.39 is 0 Å². The zero-order valence-corrected chi connectivity index (χ0v) is 13.2. The number of amides is 1. The minimum absolute atomic E-state index is 0.0580. The highest BCUT2D eigenvalue weighted by atomic mass is 16.5. The second-order valence-corrected chi connectivity index (χ2v) is 6.71. The lowest BCUT2D eigenvalue weighted by atomic mass is 9.86. The van der Waals surface area contributed by atoms with Crippen LogP contribution in [0.5, 0.6) is 0 Å². The van der Waals surface area contributed by atoms with Gasteiger partial charge in [0, 0.05) is 12.1 Å². The molecule has 1 aromatic rings. The minimum atomic E-state index is -0.386. The summed E-state index contributed by atoms with van der Waals surface area (Å²) in [6, 6.07) is 5.24. The molecule has 2 bridgehead atoms. The number of esters is 1. The van der Waals surface area contributed by atoms with Crippen LogP contribution in [-0.2, 0) is 9.53 Å². The first kappa shape index (κ1) is 15.1. The van der Waals surface area contributed by atoms with E-state index in [0.717, 1.165) is 17.4 Å². The van der Waals surface area contributed by atoms with Gasteiger partial charge in [0.2, 0.25) is 5.91 Å². The second kappa shape index (κ2) is 6.11. The summed E-state index contributed by atoms with van der Waals surface area (Å²) in [6.07, 6.45) is 5.76. The molecule has 0 aromatic heterocycles. The van der Waals surface area contributed by atoms with Crippen molar-refractivity contribution < 1.29 is 14.3 Å². The Balaban J connectivity index is 1.64. The van der Waals surface area contributed by atoms with Gasteiger partial charge in [0.25, 0.3) is 0 Å². The Morgan fingerprint density at radius 3 is 2.73 bits per heavy atom. The van der Waals surface area contributed by atoms with Gasteiger partial charge in [-0.25, -0.2) is 4.79 Å². The van der Waals surface area contributed by atoms with Crippen molar-refractivity contribution in [2.75, 3.05) is 12.4 Å². The number of benzene rings is 1. The standard InChI is InChI=1S/C18H23NO3/c1-11-3-5-14(18(21)22-2)9-16(11)19-17(20)10-15-8-12-4-6-13(15)7-12/h3,5,9,12-13,15H,4,6-8,10H2,1-2H3,(H,19,20)/t12-,13-,15+/m0/s1. The highest BCUT2D eigenvalue weighted by molar-refractivity contribution is 5.95. The van der Waals surface area contributed by atoms with Gasteiger partial charge < -0.3 is 10.1 Å². The van der Waals surface area contributed by atoms with Crippen molar-refractivity contribution in [3.63, 3.8) is 0 Å². The van der Waals surface area contributed by atoms with E-state index in [1.807, 2.05) is 13.0 Å². The van der Waals surface area contributed by atoms with Crippen LogP contribution in [0.1, 0.15) is 48.0 Å². The van der Waals surface area contributed by atoms with E-state index in [9.17, 15) is 9.59 Å². The van der Waals surface area contributed by atoms with Crippen LogP contribution in [-0.4, -0.2) is 19.0 Å². The third-order valence-corrected chi connectivity index (χ3v) is 5.26. The summed E-state index contributed by atoms with van der Waals surface area (Å²) in [7, 11) is 1.36. The molecule has 2 saturated carbocycles. The van der Waals surface area contributed by atoms with Crippen LogP contribution < -0.4 is 5.32 Å². The van der Waals surface area contributed by atoms with Crippen molar-refractivity contribution in [2.24, 2.45) is 17.8 Å². The first-order valence-electron chi connectivity index (χ1n) is 8.05. The van der Waals surface area contributed by atoms with E-state index in [1.54, 1.807) is 12.1 Å². The maximum Gasteiger partial charge on any atom is 0.337 e. The summed E-state index contributed by atoms with van der Waals surface area (Å²) in [5.41, 5.74) is 2.12. The lowest BCUT2D eigenvalue weighted by Crippen LogP contribution is -2.20. The number of rotatable bonds is 4. The first-order chi connectivity index (χ1) is 10.6. The summed E-state index contributed by atoms with van der Waals surface area (Å²) in [5, 5.41) is 2.97. The predicted molar refractivity (Wildman–Crippen MR) is 84.7 cm³/mol. The normalized spacial score (nSPS) is 26.0. The average Bonchev–Trinajstić information content (AvgIpc) is 3.11. The van der Waals surface area contributed by atoms with E-state index in [-0.39, 0.29) is 11.9 Å². The fourth-order valence-electron chi connectivity index (χ4n) is 4.07. The average molecular weight is 301 g/mol. The van der Waals surface area contributed by atoms with Gasteiger partial charge in [0.15, 0.2) is 0 Å². The molecule has 1 N–H and O–H groups in total. The number of ether oxygens (including phenoxy) is 1. The van der Waals surface area contributed by atoms with Gasteiger partial charge in [0.05, 0.1) is 12.7 Å². The van der Waals surface area contributed by atoms with Crippen LogP contribution in [0.25, 0.3) is 0 Å². The van der Waals surface area contributed by atoms with E-state index in [2.05, 4.69) is 5.32 Å². The van der Waals surface area contributed by atoms with Crippen LogP contribution >= 0.6 is 0 Å². The highest BCUT2D eigenvalue weighted by Crippen LogP contribution is 2.49. The van der Waals surface area contributed by atoms with Gasteiger partial charge in [-0.05, 0) is 61.6 Å². The summed E-state index contributed by atoms with van der Waals surface area (Å²) in [6.45, 7) is 1.92. The smallest absolute Gasteiger partial charge is 0.337 e. The SMILES string of the molecule is COC(=O)c1ccc(C)c(NC(=O)C[C@H]2C[C@H]3CC[C@H]2C3)c1. The van der Waals surface area contributed by atoms with Crippen LogP contribution in [0.3, 0.4) is 0 Å². The Morgan fingerprint density at radius 2 is 2.09 bits per heavy atom. The number of aryl methyl sites for hydroxylation is 1.